The molecule has 0 saturated carbocycles. The number of fused-ring (bicyclic) bond motifs is 1. The van der Waals surface area contributed by atoms with E-state index in [0.717, 1.165) is 23.9 Å². The standard InChI is InChI=1S/C14H16N4O3/c1-2-7-21-10-5-6-17(9-10)14-11-8-15-16-12(11)3-4-13(14)18(19)20/h2-4,8,10H,1,5-7,9H2,(H,15,16). The SMILES string of the molecule is C=CCOC1CCN(c2c([N+](=O)[O-])ccc3[nH]ncc23)C1. The molecular formula is C14H16N4O3. The normalized spacial score (nSPS) is 18.3. The van der Waals surface area contributed by atoms with Gasteiger partial charge in [-0.05, 0) is 12.5 Å². The lowest BCUT2D eigenvalue weighted by molar-refractivity contribution is -0.384. The monoisotopic (exact) mass is 288 g/mol. The van der Waals surface area contributed by atoms with Crippen LogP contribution >= 0.6 is 0 Å². The lowest BCUT2D eigenvalue weighted by Crippen LogP contribution is -2.23. The third-order valence-electron chi connectivity index (χ3n) is 3.68. The molecule has 21 heavy (non-hydrogen) atoms. The largest absolute Gasteiger partial charge is 0.372 e. The molecule has 1 fully saturated rings. The number of benzene rings is 1. The van der Waals surface area contributed by atoms with Crippen LogP contribution in [0.3, 0.4) is 0 Å². The highest BCUT2D eigenvalue weighted by Gasteiger charge is 2.30. The van der Waals surface area contributed by atoms with E-state index in [1.807, 2.05) is 4.90 Å². The fourth-order valence-electron chi connectivity index (χ4n) is 2.74. The summed E-state index contributed by atoms with van der Waals surface area (Å²) in [6.07, 6.45) is 4.27. The minimum Gasteiger partial charge on any atom is -0.372 e. The van der Waals surface area contributed by atoms with Crippen LogP contribution in [0.1, 0.15) is 6.42 Å². The maximum absolute atomic E-state index is 11.3. The molecule has 110 valence electrons. The molecule has 1 atom stereocenters. The minimum atomic E-state index is -0.348. The first-order valence-corrected chi connectivity index (χ1v) is 6.78. The van der Waals surface area contributed by atoms with Gasteiger partial charge in [0.1, 0.15) is 5.69 Å². The van der Waals surface area contributed by atoms with E-state index in [2.05, 4.69) is 16.8 Å². The second-order valence-corrected chi connectivity index (χ2v) is 5.00. The Labute approximate surface area is 121 Å². The van der Waals surface area contributed by atoms with Crippen LogP contribution in [-0.4, -0.2) is 40.9 Å². The van der Waals surface area contributed by atoms with E-state index in [-0.39, 0.29) is 16.7 Å². The first-order chi connectivity index (χ1) is 10.2. The molecule has 1 aliphatic heterocycles. The van der Waals surface area contributed by atoms with Crippen molar-refractivity contribution in [2.24, 2.45) is 0 Å². The molecule has 1 unspecified atom stereocenters. The van der Waals surface area contributed by atoms with Crippen LogP contribution in [0.4, 0.5) is 11.4 Å². The van der Waals surface area contributed by atoms with Gasteiger partial charge >= 0.3 is 0 Å². The molecule has 0 amide bonds. The summed E-state index contributed by atoms with van der Waals surface area (Å²) in [6, 6.07) is 3.21. The van der Waals surface area contributed by atoms with Crippen molar-refractivity contribution in [2.45, 2.75) is 12.5 Å². The van der Waals surface area contributed by atoms with Crippen molar-refractivity contribution in [3.05, 3.63) is 41.1 Å². The zero-order chi connectivity index (χ0) is 14.8. The molecule has 1 N–H and O–H groups in total. The molecule has 0 radical (unpaired) electrons. The molecule has 1 saturated heterocycles. The lowest BCUT2D eigenvalue weighted by Gasteiger charge is -2.19. The number of rotatable bonds is 5. The van der Waals surface area contributed by atoms with Gasteiger partial charge in [0.05, 0.1) is 34.7 Å². The second-order valence-electron chi connectivity index (χ2n) is 5.00. The number of anilines is 1. The summed E-state index contributed by atoms with van der Waals surface area (Å²) in [5.74, 6) is 0. The molecule has 1 aromatic heterocycles. The number of hydrogen-bond donors (Lipinski definition) is 1. The van der Waals surface area contributed by atoms with Gasteiger partial charge in [0.15, 0.2) is 0 Å². The Morgan fingerprint density at radius 2 is 2.48 bits per heavy atom. The topological polar surface area (TPSA) is 84.3 Å². The van der Waals surface area contributed by atoms with Gasteiger partial charge in [-0.2, -0.15) is 5.10 Å². The van der Waals surface area contributed by atoms with Gasteiger partial charge in [-0.1, -0.05) is 6.08 Å². The summed E-state index contributed by atoms with van der Waals surface area (Å²) < 4.78 is 5.64. The van der Waals surface area contributed by atoms with E-state index in [4.69, 9.17) is 4.74 Å². The van der Waals surface area contributed by atoms with Gasteiger partial charge in [0, 0.05) is 19.2 Å². The highest BCUT2D eigenvalue weighted by atomic mass is 16.6. The van der Waals surface area contributed by atoms with Crippen molar-refractivity contribution in [1.29, 1.82) is 0 Å². The van der Waals surface area contributed by atoms with Crippen LogP contribution in [0.2, 0.25) is 0 Å². The van der Waals surface area contributed by atoms with Crippen LogP contribution in [0.15, 0.2) is 31.0 Å². The fourth-order valence-corrected chi connectivity index (χ4v) is 2.74. The zero-order valence-corrected chi connectivity index (χ0v) is 11.5. The minimum absolute atomic E-state index is 0.0739. The second kappa shape index (κ2) is 5.53. The third-order valence-corrected chi connectivity index (χ3v) is 3.68. The molecule has 2 aromatic rings. The van der Waals surface area contributed by atoms with Crippen LogP contribution in [0.25, 0.3) is 10.9 Å². The first kappa shape index (κ1) is 13.6. The number of nitro groups is 1. The fraction of sp³-hybridized carbons (Fsp3) is 0.357. The number of ether oxygens (including phenoxy) is 1. The van der Waals surface area contributed by atoms with E-state index >= 15 is 0 Å². The average Bonchev–Trinajstić information content (AvgIpc) is 3.12. The van der Waals surface area contributed by atoms with E-state index in [1.165, 1.54) is 6.07 Å². The van der Waals surface area contributed by atoms with Gasteiger partial charge in [-0.3, -0.25) is 15.2 Å². The Bertz CT molecular complexity index is 682. The molecule has 0 spiro atoms. The summed E-state index contributed by atoms with van der Waals surface area (Å²) in [4.78, 5) is 13.0. The summed E-state index contributed by atoms with van der Waals surface area (Å²) in [5, 5.41) is 18.9. The third kappa shape index (κ3) is 2.47. The quantitative estimate of drug-likeness (QED) is 0.518. The molecule has 1 aliphatic rings. The van der Waals surface area contributed by atoms with Crippen molar-refractivity contribution < 1.29 is 9.66 Å². The maximum Gasteiger partial charge on any atom is 0.293 e. The lowest BCUT2D eigenvalue weighted by atomic mass is 10.1. The van der Waals surface area contributed by atoms with E-state index in [0.29, 0.717) is 18.8 Å². The van der Waals surface area contributed by atoms with Crippen molar-refractivity contribution in [3.63, 3.8) is 0 Å². The summed E-state index contributed by atoms with van der Waals surface area (Å²) in [6.45, 7) is 5.49. The van der Waals surface area contributed by atoms with E-state index in [1.54, 1.807) is 18.3 Å². The number of aromatic nitrogens is 2. The number of H-pyrrole nitrogens is 1. The Balaban J connectivity index is 1.95. The highest BCUT2D eigenvalue weighted by molar-refractivity contribution is 5.96. The van der Waals surface area contributed by atoms with Crippen LogP contribution in [0, 0.1) is 10.1 Å². The molecule has 0 aliphatic carbocycles. The Kier molecular flexibility index (Phi) is 3.57. The molecule has 3 rings (SSSR count). The molecule has 7 heteroatoms. The number of aromatic amines is 1. The van der Waals surface area contributed by atoms with Crippen LogP contribution < -0.4 is 4.90 Å². The number of nitrogens with zero attached hydrogens (tertiary/aromatic N) is 3. The summed E-state index contributed by atoms with van der Waals surface area (Å²) in [5.41, 5.74) is 1.52. The maximum atomic E-state index is 11.3. The summed E-state index contributed by atoms with van der Waals surface area (Å²) in [7, 11) is 0. The van der Waals surface area contributed by atoms with Gasteiger partial charge in [-0.25, -0.2) is 0 Å². The highest BCUT2D eigenvalue weighted by Crippen LogP contribution is 2.37. The molecular weight excluding hydrogens is 272 g/mol. The van der Waals surface area contributed by atoms with Gasteiger partial charge in [0.2, 0.25) is 0 Å². The molecule has 7 nitrogen and oxygen atoms in total. The predicted molar refractivity (Wildman–Crippen MR) is 79.5 cm³/mol. The van der Waals surface area contributed by atoms with Gasteiger partial charge < -0.3 is 9.64 Å². The predicted octanol–water partition coefficient (Wildman–Crippen LogP) is 2.25. The number of nitro benzene ring substituents is 1. The van der Waals surface area contributed by atoms with E-state index in [9.17, 15) is 10.1 Å². The van der Waals surface area contributed by atoms with E-state index < -0.39 is 0 Å². The van der Waals surface area contributed by atoms with Gasteiger partial charge in [0.25, 0.3) is 5.69 Å². The van der Waals surface area contributed by atoms with Crippen molar-refractivity contribution in [1.82, 2.24) is 10.2 Å². The zero-order valence-electron chi connectivity index (χ0n) is 11.5. The Morgan fingerprint density at radius 1 is 1.62 bits per heavy atom. The van der Waals surface area contributed by atoms with Crippen molar-refractivity contribution in [3.8, 4) is 0 Å². The molecule has 0 bridgehead atoms. The van der Waals surface area contributed by atoms with Gasteiger partial charge in [-0.15, -0.1) is 6.58 Å². The first-order valence-electron chi connectivity index (χ1n) is 6.78. The Hall–Kier alpha value is -2.41. The number of nitrogens with one attached hydrogen (secondary N) is 1. The van der Waals surface area contributed by atoms with Crippen LogP contribution in [-0.2, 0) is 4.74 Å². The van der Waals surface area contributed by atoms with Crippen molar-refractivity contribution in [2.75, 3.05) is 24.6 Å². The average molecular weight is 288 g/mol. The smallest absolute Gasteiger partial charge is 0.293 e. The molecule has 2 heterocycles. The molecule has 1 aromatic carbocycles. The number of hydrogen-bond acceptors (Lipinski definition) is 5. The van der Waals surface area contributed by atoms with Crippen molar-refractivity contribution >= 4 is 22.3 Å². The van der Waals surface area contributed by atoms with Crippen LogP contribution in [0.5, 0.6) is 0 Å². The Morgan fingerprint density at radius 3 is 3.24 bits per heavy atom. The summed E-state index contributed by atoms with van der Waals surface area (Å²) >= 11 is 0.